The van der Waals surface area contributed by atoms with E-state index in [1.54, 1.807) is 99.6 Å². The van der Waals surface area contributed by atoms with Crippen molar-refractivity contribution in [3.8, 4) is 22.5 Å². The molecule has 30 heteroatoms. The van der Waals surface area contributed by atoms with Crippen molar-refractivity contribution in [2.75, 3.05) is 38.4 Å². The number of nitrogens with two attached hydrogens (primary N) is 1. The lowest BCUT2D eigenvalue weighted by Gasteiger charge is -2.36. The van der Waals surface area contributed by atoms with Gasteiger partial charge in [-0.15, -0.1) is 0 Å². The Balaban J connectivity index is 0.000000188. The van der Waals surface area contributed by atoms with E-state index in [-0.39, 0.29) is 40.3 Å². The van der Waals surface area contributed by atoms with Crippen LogP contribution in [0.15, 0.2) is 135 Å². The molecule has 0 saturated carbocycles. The van der Waals surface area contributed by atoms with Crippen LogP contribution in [0.5, 0.6) is 0 Å². The second kappa shape index (κ2) is 25.7. The van der Waals surface area contributed by atoms with Crippen LogP contribution in [0.4, 0.5) is 27.6 Å². The Morgan fingerprint density at radius 1 is 0.543 bits per heavy atom. The number of rotatable bonds is 5. The molecule has 2 amide bonds. The number of aliphatic imine (C=N–C) groups is 3. The predicted molar refractivity (Wildman–Crippen MR) is 359 cm³/mol. The number of benzene rings is 5. The molecule has 94 heavy (non-hydrogen) atoms. The molecule has 0 fully saturated rings. The maximum Gasteiger partial charge on any atom is 0.419 e. The third-order valence-electron chi connectivity index (χ3n) is 14.9. The van der Waals surface area contributed by atoms with Gasteiger partial charge in [-0.05, 0) is 173 Å². The molecule has 0 unspecified atom stereocenters. The number of nitrogens with zero attached hydrogens (tertiary/aromatic N) is 7. The van der Waals surface area contributed by atoms with Crippen LogP contribution in [0.3, 0.4) is 0 Å². The van der Waals surface area contributed by atoms with Crippen molar-refractivity contribution in [1.82, 2.24) is 33.1 Å². The van der Waals surface area contributed by atoms with E-state index in [2.05, 4.69) is 46.5 Å². The Morgan fingerprint density at radius 3 is 1.44 bits per heavy atom. The van der Waals surface area contributed by atoms with Gasteiger partial charge in [0.1, 0.15) is 50.9 Å². The number of amides is 2. The van der Waals surface area contributed by atoms with E-state index in [4.69, 9.17) is 19.9 Å². The van der Waals surface area contributed by atoms with Crippen molar-refractivity contribution in [3.05, 3.63) is 154 Å². The molecule has 5 aromatic carbocycles. The number of alkyl carbamates (subject to hydrolysis) is 2. The van der Waals surface area contributed by atoms with Gasteiger partial charge in [-0.1, -0.05) is 52.3 Å². The summed E-state index contributed by atoms with van der Waals surface area (Å²) in [5.41, 5.74) is 3.32. The van der Waals surface area contributed by atoms with Gasteiger partial charge in [-0.25, -0.2) is 85.3 Å². The van der Waals surface area contributed by atoms with E-state index < -0.39 is 111 Å². The average Bonchev–Trinajstić information content (AvgIpc) is 0.910. The first-order valence-electron chi connectivity index (χ1n) is 29.2. The molecule has 504 valence electrons. The summed E-state index contributed by atoms with van der Waals surface area (Å²) in [6, 6.07) is 31.8. The maximum absolute atomic E-state index is 15.5. The first-order chi connectivity index (χ1) is 43.2. The summed E-state index contributed by atoms with van der Waals surface area (Å²) in [7, 11) is -7.69. The summed E-state index contributed by atoms with van der Waals surface area (Å²) >= 11 is 3.25. The molecule has 0 radical (unpaired) electrons. The van der Waals surface area contributed by atoms with E-state index in [9.17, 15) is 48.4 Å². The fourth-order valence-electron chi connectivity index (χ4n) is 10.4. The van der Waals surface area contributed by atoms with Crippen molar-refractivity contribution in [2.45, 2.75) is 117 Å². The minimum atomic E-state index is -4.03. The molecule has 2 aromatic heterocycles. The van der Waals surface area contributed by atoms with Crippen molar-refractivity contribution in [3.63, 3.8) is 0 Å². The number of aromatic amines is 1. The van der Waals surface area contributed by atoms with Crippen LogP contribution in [0.1, 0.15) is 99.8 Å². The van der Waals surface area contributed by atoms with E-state index in [1.165, 1.54) is 82.0 Å². The minimum absolute atomic E-state index is 0.0313. The largest absolute Gasteiger partial charge is 0.444 e. The Morgan fingerprint density at radius 2 is 0.957 bits per heavy atom. The molecule has 10 rings (SSSR count). The second-order valence-electron chi connectivity index (χ2n) is 26.3. The molecule has 5 heterocycles. The van der Waals surface area contributed by atoms with Crippen LogP contribution in [0.2, 0.25) is 0 Å². The quantitative estimate of drug-likeness (QED) is 0.117. The molecule has 3 aliphatic rings. The molecule has 3 atom stereocenters. The average molecular weight is 1420 g/mol. The summed E-state index contributed by atoms with van der Waals surface area (Å²) in [6.45, 7) is 19.9. The highest BCUT2D eigenvalue weighted by atomic mass is 79.9. The molecule has 0 bridgehead atoms. The van der Waals surface area contributed by atoms with E-state index in [1.807, 2.05) is 42.5 Å². The third-order valence-corrected chi connectivity index (χ3v) is 21.2. The zero-order valence-corrected chi connectivity index (χ0v) is 58.5. The van der Waals surface area contributed by atoms with Crippen LogP contribution >= 0.6 is 15.9 Å². The lowest BCUT2D eigenvalue weighted by Crippen LogP contribution is -2.54. The smallest absolute Gasteiger partial charge is 0.419 e. The zero-order valence-electron chi connectivity index (χ0n) is 54.4. The predicted octanol–water partition coefficient (Wildman–Crippen LogP) is 11.3. The van der Waals surface area contributed by atoms with Crippen molar-refractivity contribution >= 4 is 104 Å². The summed E-state index contributed by atoms with van der Waals surface area (Å²) < 4.78 is 141. The highest BCUT2D eigenvalue weighted by Crippen LogP contribution is 2.40. The van der Waals surface area contributed by atoms with Gasteiger partial charge in [0.25, 0.3) is 0 Å². The second-order valence-corrected chi connectivity index (χ2v) is 33.2. The zero-order chi connectivity index (χ0) is 69.9. The van der Waals surface area contributed by atoms with Gasteiger partial charge in [-0.2, -0.15) is 0 Å². The van der Waals surface area contributed by atoms with Crippen LogP contribution < -0.4 is 16.4 Å². The monoisotopic (exact) mass is 1420 g/mol. The van der Waals surface area contributed by atoms with Crippen LogP contribution in [-0.4, -0.2) is 139 Å². The summed E-state index contributed by atoms with van der Waals surface area (Å²) in [5.74, 6) is -3.85. The van der Waals surface area contributed by atoms with Gasteiger partial charge in [0, 0.05) is 64.3 Å². The number of hydrogen-bond acceptors (Lipinski definition) is 16. The lowest BCUT2D eigenvalue weighted by atomic mass is 9.92. The number of fused-ring (bicyclic) bond motifs is 2. The molecular formula is C64H75BrF3N11O12S3. The molecule has 0 saturated heterocycles. The van der Waals surface area contributed by atoms with Crippen molar-refractivity contribution in [1.29, 1.82) is 0 Å². The molecule has 0 spiro atoms. The summed E-state index contributed by atoms with van der Waals surface area (Å²) in [4.78, 5) is 54.2. The summed E-state index contributed by atoms with van der Waals surface area (Å²) in [5, 5.41) is 6.52. The highest BCUT2D eigenvalue weighted by Gasteiger charge is 2.46. The molecule has 3 aliphatic heterocycles. The number of carbonyl (C=O) groups is 3. The van der Waals surface area contributed by atoms with Gasteiger partial charge in [-0.3, -0.25) is 10.6 Å². The normalized spacial score (nSPS) is 20.9. The van der Waals surface area contributed by atoms with Crippen molar-refractivity contribution < 1.29 is 67.0 Å². The lowest BCUT2D eigenvalue weighted by molar-refractivity contribution is 0.0538. The number of halogens is 4. The number of sulfonamides is 3. The third kappa shape index (κ3) is 16.0. The number of hydrogen-bond donors (Lipinski definition) is 4. The standard InChI is InChI=1S/C29H35FN4O6S.C19H19FN4O2S.C16H21BrFN3O4S/c1-27(2,3)39-25(35)31-24-32-29(7,17-41(37,38)33(24)8)20-15-19(13-14-21(20)30)23-16-18-11-9-10-12-22(18)34(23)26(36)40-28(4,5)6;1-19(11-27(25,26)24(2)18(21)23-19)14-9-13(7-8-15(14)20)17-10-12-5-3-4-6-16(12)22-17;1-15(2,3)25-14(22)19-13-20-16(4,9-26(23,24)21(13)5)11-8-10(17)6-7-12(11)18/h9-16H,17H2,1-8H3,(H,31,32,35);3-10,22H,11H2,1-2H3,(H2,21,23);6-8H,9H2,1-5H3,(H,19,20,22)/t29-;19-;16-/m000/s1. The Labute approximate surface area is 552 Å². The fourth-order valence-corrected chi connectivity index (χ4v) is 15.2. The number of guanidine groups is 3. The first-order valence-corrected chi connectivity index (χ1v) is 34.8. The summed E-state index contributed by atoms with van der Waals surface area (Å²) in [6.07, 6.45) is -2.37. The van der Waals surface area contributed by atoms with Crippen LogP contribution in [0, 0.1) is 17.5 Å². The topological polar surface area (TPSA) is 299 Å². The Hall–Kier alpha value is -8.48. The number of H-pyrrole nitrogens is 1. The van der Waals surface area contributed by atoms with E-state index >= 15 is 4.39 Å². The van der Waals surface area contributed by atoms with Crippen molar-refractivity contribution in [2.24, 2.45) is 20.7 Å². The molecule has 23 nitrogen and oxygen atoms in total. The molecule has 5 N–H and O–H groups in total. The minimum Gasteiger partial charge on any atom is -0.444 e. The highest BCUT2D eigenvalue weighted by molar-refractivity contribution is 9.10. The SMILES string of the molecule is CN1C(N)=N[C@](C)(c2cc(-c3cc4ccccc4[nH]3)ccc2F)CS1(=O)=O.CN1C(NC(=O)OC(C)(C)C)=N[C@](C)(c2cc(-c3cc4ccccc4n3C(=O)OC(C)(C)C)ccc2F)CS1(=O)=O.CN1C(NC(=O)OC(C)(C)C)=N[C@](C)(c2cc(Br)ccc2F)CS1(=O)=O. The van der Waals surface area contributed by atoms with Gasteiger partial charge >= 0.3 is 18.3 Å². The van der Waals surface area contributed by atoms with Gasteiger partial charge in [0.05, 0.1) is 28.5 Å². The number of aromatic nitrogens is 2. The van der Waals surface area contributed by atoms with Crippen LogP contribution in [0.25, 0.3) is 44.3 Å². The fraction of sp³-hybridized carbons (Fsp3) is 0.375. The van der Waals surface area contributed by atoms with Crippen LogP contribution in [-0.2, 0) is 60.9 Å². The van der Waals surface area contributed by atoms with Gasteiger partial charge < -0.3 is 24.9 Å². The maximum atomic E-state index is 15.5. The van der Waals surface area contributed by atoms with E-state index in [0.29, 0.717) is 21.2 Å². The number of para-hydroxylation sites is 2. The Bertz CT molecular complexity index is 4590. The van der Waals surface area contributed by atoms with Gasteiger partial charge in [0.2, 0.25) is 47.9 Å². The van der Waals surface area contributed by atoms with E-state index in [0.717, 1.165) is 40.5 Å². The Kier molecular flexibility index (Phi) is 19.5. The number of carbonyl (C=O) groups excluding carboxylic acids is 3. The van der Waals surface area contributed by atoms with Gasteiger partial charge in [0.15, 0.2) is 0 Å². The molecular weight excluding hydrogens is 1350 g/mol. The number of nitrogens with one attached hydrogen (secondary N) is 3. The first kappa shape index (κ1) is 71.4. The molecule has 7 aromatic rings. The number of ether oxygens (including phenoxy) is 3. The molecule has 0 aliphatic carbocycles.